The van der Waals surface area contributed by atoms with Crippen molar-refractivity contribution in [2.75, 3.05) is 29.9 Å². The van der Waals surface area contributed by atoms with Crippen LogP contribution in [-0.2, 0) is 9.59 Å². The molecule has 0 radical (unpaired) electrons. The number of anilines is 2. The number of fused-ring (bicyclic) bond motifs is 2. The quantitative estimate of drug-likeness (QED) is 0.335. The summed E-state index contributed by atoms with van der Waals surface area (Å²) in [5.74, 6) is -6.37. The van der Waals surface area contributed by atoms with Gasteiger partial charge in [0.25, 0.3) is 5.91 Å². The molecule has 0 aliphatic carbocycles. The third-order valence-electron chi connectivity index (χ3n) is 8.53. The highest BCUT2D eigenvalue weighted by Gasteiger charge is 2.45. The maximum Gasteiger partial charge on any atom is 0.355 e. The number of likely N-dealkylation sites (N-methyl/N-ethyl adjacent to an activating group) is 1. The Kier molecular flexibility index (Phi) is 7.33. The Labute approximate surface area is 261 Å². The summed E-state index contributed by atoms with van der Waals surface area (Å²) in [7, 11) is 1.29. The lowest BCUT2D eigenvalue weighted by molar-refractivity contribution is -0.129. The zero-order chi connectivity index (χ0) is 33.4. The molecule has 1 saturated heterocycles. The van der Waals surface area contributed by atoms with Gasteiger partial charge in [-0.15, -0.1) is 0 Å². The van der Waals surface area contributed by atoms with E-state index in [9.17, 15) is 23.9 Å². The molecule has 14 heteroatoms. The lowest BCUT2D eigenvalue weighted by atomic mass is 10.0. The fourth-order valence-electron chi connectivity index (χ4n) is 6.39. The first-order valence-corrected chi connectivity index (χ1v) is 14.5. The van der Waals surface area contributed by atoms with Crippen molar-refractivity contribution in [3.63, 3.8) is 0 Å². The predicted octanol–water partition coefficient (Wildman–Crippen LogP) is 3.97. The number of aromatic nitrogens is 4. The molecule has 238 valence electrons. The van der Waals surface area contributed by atoms with Gasteiger partial charge in [-0.1, -0.05) is 20.4 Å². The highest BCUT2D eigenvalue weighted by Crippen LogP contribution is 2.45. The molecule has 2 atom stereocenters. The number of pyridine rings is 2. The van der Waals surface area contributed by atoms with Gasteiger partial charge in [-0.25, -0.2) is 27.5 Å². The van der Waals surface area contributed by atoms with Gasteiger partial charge < -0.3 is 19.8 Å². The van der Waals surface area contributed by atoms with Crippen LogP contribution in [0.2, 0.25) is 0 Å². The van der Waals surface area contributed by atoms with Crippen molar-refractivity contribution in [1.29, 1.82) is 0 Å². The van der Waals surface area contributed by atoms with E-state index in [2.05, 4.69) is 21.5 Å². The fourth-order valence-corrected chi connectivity index (χ4v) is 6.39. The number of aromatic hydroxyl groups is 1. The summed E-state index contributed by atoms with van der Waals surface area (Å²) in [6.45, 7) is 10.7. The van der Waals surface area contributed by atoms with Crippen molar-refractivity contribution in [2.45, 2.75) is 45.7 Å². The molecule has 6 rings (SSSR count). The first-order valence-electron chi connectivity index (χ1n) is 14.5. The Morgan fingerprint density at radius 3 is 2.48 bits per heavy atom. The van der Waals surface area contributed by atoms with Crippen molar-refractivity contribution in [1.82, 2.24) is 24.4 Å². The van der Waals surface area contributed by atoms with Crippen LogP contribution >= 0.6 is 0 Å². The van der Waals surface area contributed by atoms with Gasteiger partial charge in [-0.3, -0.25) is 14.6 Å². The second-order valence-corrected chi connectivity index (χ2v) is 11.8. The zero-order valence-corrected chi connectivity index (χ0v) is 25.7. The van der Waals surface area contributed by atoms with Gasteiger partial charge in [0.05, 0.1) is 34.6 Å². The first-order chi connectivity index (χ1) is 21.8. The molecule has 5 heterocycles. The number of aryl methyl sites for hydroxylation is 1. The van der Waals surface area contributed by atoms with E-state index in [1.807, 2.05) is 13.8 Å². The Morgan fingerprint density at radius 1 is 1.09 bits per heavy atom. The molecular formula is C32H30F3N7O4. The highest BCUT2D eigenvalue weighted by atomic mass is 19.2. The number of phenols is 1. The van der Waals surface area contributed by atoms with E-state index in [0.29, 0.717) is 23.0 Å². The highest BCUT2D eigenvalue weighted by molar-refractivity contribution is 6.13. The minimum absolute atomic E-state index is 0.0520. The summed E-state index contributed by atoms with van der Waals surface area (Å²) in [6, 6.07) is 1.50. The number of piperazine rings is 1. The first kappa shape index (κ1) is 30.7. The van der Waals surface area contributed by atoms with E-state index < -0.39 is 69.7 Å². The summed E-state index contributed by atoms with van der Waals surface area (Å²) < 4.78 is 47.8. The molecule has 0 bridgehead atoms. The van der Waals surface area contributed by atoms with E-state index in [0.717, 1.165) is 21.6 Å². The number of carbonyl (C=O) groups is 2. The van der Waals surface area contributed by atoms with Gasteiger partial charge in [0, 0.05) is 25.8 Å². The van der Waals surface area contributed by atoms with Crippen LogP contribution in [0.1, 0.15) is 37.9 Å². The van der Waals surface area contributed by atoms with Crippen LogP contribution in [0.5, 0.6) is 5.75 Å². The summed E-state index contributed by atoms with van der Waals surface area (Å²) in [5, 5.41) is 10.6. The van der Waals surface area contributed by atoms with Crippen molar-refractivity contribution < 1.29 is 27.9 Å². The van der Waals surface area contributed by atoms with Gasteiger partial charge >= 0.3 is 5.69 Å². The van der Waals surface area contributed by atoms with Crippen LogP contribution in [0.4, 0.5) is 24.7 Å². The number of amides is 2. The molecular weight excluding hydrogens is 603 g/mol. The monoisotopic (exact) mass is 633 g/mol. The van der Waals surface area contributed by atoms with Crippen molar-refractivity contribution in [2.24, 2.45) is 0 Å². The summed E-state index contributed by atoms with van der Waals surface area (Å²) in [5.41, 5.74) is -1.84. The predicted molar refractivity (Wildman–Crippen MR) is 165 cm³/mol. The van der Waals surface area contributed by atoms with E-state index in [-0.39, 0.29) is 35.9 Å². The van der Waals surface area contributed by atoms with Crippen LogP contribution in [0.15, 0.2) is 41.8 Å². The van der Waals surface area contributed by atoms with Crippen LogP contribution in [0, 0.1) is 24.4 Å². The number of rotatable bonds is 4. The second kappa shape index (κ2) is 11.0. The molecule has 2 amide bonds. The van der Waals surface area contributed by atoms with Gasteiger partial charge in [0.15, 0.2) is 23.1 Å². The Balaban J connectivity index is 1.81. The van der Waals surface area contributed by atoms with E-state index in [4.69, 9.17) is 0 Å². The number of hydrogen-bond donors (Lipinski definition) is 1. The molecule has 0 saturated carbocycles. The number of carbonyl (C=O) groups excluding carboxylic acids is 2. The van der Waals surface area contributed by atoms with Gasteiger partial charge in [0.1, 0.15) is 23.3 Å². The third kappa shape index (κ3) is 4.42. The molecule has 4 aromatic rings. The lowest BCUT2D eigenvalue weighted by Gasteiger charge is -2.45. The lowest BCUT2D eigenvalue weighted by Crippen LogP contribution is -2.63. The second-order valence-electron chi connectivity index (χ2n) is 11.8. The standard InChI is InChI=1S/C32H30F3N7O4/c1-7-20(44)40-12-16(5)41-18(13-40)31(45)39(6)28-22-29(37-26(24(28)35)21-19(43)9-8-17(33)23(21)34)42(32(46)38-30(22)41)27-15(4)10-11-36-25(27)14(2)3/h7-11,14,16,18,43H,1,12-13H2,2-6H3. The molecule has 2 aliphatic rings. The van der Waals surface area contributed by atoms with Crippen LogP contribution in [0.25, 0.3) is 28.0 Å². The Hall–Kier alpha value is -5.27. The van der Waals surface area contributed by atoms with E-state index in [1.165, 1.54) is 11.9 Å². The van der Waals surface area contributed by atoms with Crippen molar-refractivity contribution in [3.05, 3.63) is 76.2 Å². The largest absolute Gasteiger partial charge is 0.507 e. The summed E-state index contributed by atoms with van der Waals surface area (Å²) in [6.07, 6.45) is 2.70. The van der Waals surface area contributed by atoms with Crippen LogP contribution in [-0.4, -0.2) is 73.6 Å². The topological polar surface area (TPSA) is 125 Å². The van der Waals surface area contributed by atoms with Crippen LogP contribution < -0.4 is 15.5 Å². The average molecular weight is 634 g/mol. The van der Waals surface area contributed by atoms with Gasteiger partial charge in [-0.05, 0) is 49.6 Å². The molecule has 2 aliphatic heterocycles. The van der Waals surface area contributed by atoms with Crippen molar-refractivity contribution >= 4 is 34.4 Å². The molecule has 1 aromatic carbocycles. The zero-order valence-electron chi connectivity index (χ0n) is 25.7. The maximum absolute atomic E-state index is 16.9. The smallest absolute Gasteiger partial charge is 0.355 e. The number of benzene rings is 1. The van der Waals surface area contributed by atoms with Crippen molar-refractivity contribution in [3.8, 4) is 22.7 Å². The molecule has 46 heavy (non-hydrogen) atoms. The minimum atomic E-state index is -1.58. The number of halogens is 3. The minimum Gasteiger partial charge on any atom is -0.507 e. The number of phenolic OH excluding ortho intramolecular Hbond substituents is 1. The molecule has 1 N–H and O–H groups in total. The van der Waals surface area contributed by atoms with Gasteiger partial charge in [0.2, 0.25) is 5.91 Å². The third-order valence-corrected chi connectivity index (χ3v) is 8.53. The van der Waals surface area contributed by atoms with E-state index in [1.54, 1.807) is 31.0 Å². The normalized spacial score (nSPS) is 17.8. The van der Waals surface area contributed by atoms with Crippen LogP contribution in [0.3, 0.4) is 0 Å². The molecule has 11 nitrogen and oxygen atoms in total. The molecule has 3 aromatic heterocycles. The molecule has 1 fully saturated rings. The Bertz CT molecular complexity index is 2050. The fraction of sp³-hybridized carbons (Fsp3) is 0.312. The SMILES string of the molecule is C=CC(=O)N1CC(C)N2c3nc(=O)n(-c4c(C)ccnc4C(C)C)c4nc(-c5c(O)ccc(F)c5F)c(F)c(c34)N(C)C(=O)C2C1. The summed E-state index contributed by atoms with van der Waals surface area (Å²) in [4.78, 5) is 58.2. The maximum atomic E-state index is 16.9. The van der Waals surface area contributed by atoms with E-state index >= 15 is 8.78 Å². The summed E-state index contributed by atoms with van der Waals surface area (Å²) >= 11 is 0. The number of nitrogens with zero attached hydrogens (tertiary/aromatic N) is 7. The average Bonchev–Trinajstić information content (AvgIpc) is 3.10. The molecule has 2 unspecified atom stereocenters. The number of hydrogen-bond acceptors (Lipinski definition) is 8. The molecule has 0 spiro atoms. The Morgan fingerprint density at radius 2 is 1.80 bits per heavy atom. The van der Waals surface area contributed by atoms with Gasteiger partial charge in [-0.2, -0.15) is 4.98 Å².